The highest BCUT2D eigenvalue weighted by Gasteiger charge is 2.59. The van der Waals surface area contributed by atoms with Crippen LogP contribution in [0.1, 0.15) is 43.5 Å². The molecule has 3 amide bonds. The van der Waals surface area contributed by atoms with Crippen molar-refractivity contribution in [3.8, 4) is 0 Å². The fraction of sp³-hybridized carbons (Fsp3) is 0.500. The fourth-order valence-corrected chi connectivity index (χ4v) is 4.95. The lowest BCUT2D eigenvalue weighted by atomic mass is 9.85. The Kier molecular flexibility index (Phi) is 4.62. The molecule has 0 aromatic heterocycles. The van der Waals surface area contributed by atoms with E-state index in [4.69, 9.17) is 0 Å². The van der Waals surface area contributed by atoms with Gasteiger partial charge in [0.05, 0.1) is 17.5 Å². The van der Waals surface area contributed by atoms with Gasteiger partial charge < -0.3 is 4.90 Å². The van der Waals surface area contributed by atoms with Crippen molar-refractivity contribution < 1.29 is 14.4 Å². The van der Waals surface area contributed by atoms with Crippen molar-refractivity contribution in [3.05, 3.63) is 42.0 Å². The zero-order chi connectivity index (χ0) is 19.1. The van der Waals surface area contributed by atoms with Gasteiger partial charge in [0.15, 0.2) is 0 Å². The van der Waals surface area contributed by atoms with E-state index in [1.807, 2.05) is 4.90 Å². The first-order valence-electron chi connectivity index (χ1n) is 10.0. The summed E-state index contributed by atoms with van der Waals surface area (Å²) in [4.78, 5) is 41.7. The molecule has 1 saturated carbocycles. The Labute approximate surface area is 160 Å². The van der Waals surface area contributed by atoms with E-state index >= 15 is 0 Å². The summed E-state index contributed by atoms with van der Waals surface area (Å²) in [5.74, 6) is -0.141. The predicted molar refractivity (Wildman–Crippen MR) is 103 cm³/mol. The first-order chi connectivity index (χ1) is 13.1. The monoisotopic (exact) mass is 366 g/mol. The highest BCUT2D eigenvalue weighted by Crippen LogP contribution is 2.53. The molecule has 2 aliphatic carbocycles. The number of carbonyl (C=O) groups excluding carboxylic acids is 3. The van der Waals surface area contributed by atoms with Crippen LogP contribution in [0.2, 0.25) is 0 Å². The summed E-state index contributed by atoms with van der Waals surface area (Å²) in [6, 6.07) is 6.93. The van der Waals surface area contributed by atoms with Crippen molar-refractivity contribution in [1.29, 1.82) is 0 Å². The number of carbonyl (C=O) groups is 3. The van der Waals surface area contributed by atoms with E-state index in [0.29, 0.717) is 11.3 Å². The van der Waals surface area contributed by atoms with Crippen molar-refractivity contribution in [2.75, 3.05) is 18.0 Å². The molecule has 2 bridgehead atoms. The Hall–Kier alpha value is -2.43. The van der Waals surface area contributed by atoms with Crippen LogP contribution in [0.15, 0.2) is 36.4 Å². The van der Waals surface area contributed by atoms with Gasteiger partial charge in [0, 0.05) is 18.7 Å². The smallest absolute Gasteiger partial charge is 0.253 e. The molecule has 5 nitrogen and oxygen atoms in total. The Morgan fingerprint density at radius 3 is 1.96 bits per heavy atom. The number of rotatable bonds is 6. The van der Waals surface area contributed by atoms with E-state index in [-0.39, 0.29) is 41.4 Å². The number of benzene rings is 1. The van der Waals surface area contributed by atoms with E-state index in [2.05, 4.69) is 26.0 Å². The summed E-state index contributed by atoms with van der Waals surface area (Å²) in [7, 11) is 0. The molecule has 142 valence electrons. The molecule has 1 aromatic carbocycles. The molecule has 4 rings (SSSR count). The molecule has 0 N–H and O–H groups in total. The van der Waals surface area contributed by atoms with Crippen LogP contribution in [-0.2, 0) is 9.59 Å². The highest BCUT2D eigenvalue weighted by atomic mass is 16.2. The van der Waals surface area contributed by atoms with Crippen LogP contribution in [0.25, 0.3) is 0 Å². The third-order valence-corrected chi connectivity index (χ3v) is 6.12. The van der Waals surface area contributed by atoms with Gasteiger partial charge in [-0.2, -0.15) is 0 Å². The van der Waals surface area contributed by atoms with Crippen molar-refractivity contribution in [3.63, 3.8) is 0 Å². The molecule has 5 heteroatoms. The van der Waals surface area contributed by atoms with Crippen LogP contribution >= 0.6 is 0 Å². The minimum Gasteiger partial charge on any atom is -0.339 e. The Morgan fingerprint density at radius 1 is 0.963 bits per heavy atom. The summed E-state index contributed by atoms with van der Waals surface area (Å²) in [6.07, 6.45) is 6.95. The zero-order valence-corrected chi connectivity index (χ0v) is 15.9. The van der Waals surface area contributed by atoms with E-state index < -0.39 is 0 Å². The second-order valence-corrected chi connectivity index (χ2v) is 7.85. The van der Waals surface area contributed by atoms with Crippen LogP contribution < -0.4 is 4.90 Å². The molecule has 3 aliphatic rings. The van der Waals surface area contributed by atoms with Crippen LogP contribution in [0.5, 0.6) is 0 Å². The van der Waals surface area contributed by atoms with Crippen molar-refractivity contribution in [2.24, 2.45) is 23.7 Å². The standard InChI is InChI=1S/C22H26N2O3/c1-3-11-23(12-4-2)20(25)14-7-9-17(10-8-14)24-21(26)18-15-5-6-16(13-15)19(18)22(24)27/h5-10,15-16,18-19H,3-4,11-13H2,1-2H3/t15-,16+,18+,19-. The highest BCUT2D eigenvalue weighted by molar-refractivity contribution is 6.22. The Balaban J connectivity index is 1.54. The van der Waals surface area contributed by atoms with Gasteiger partial charge in [0.25, 0.3) is 5.91 Å². The zero-order valence-electron chi connectivity index (χ0n) is 15.9. The van der Waals surface area contributed by atoms with Gasteiger partial charge in [0.1, 0.15) is 0 Å². The first-order valence-corrected chi connectivity index (χ1v) is 10.0. The molecule has 1 saturated heterocycles. The van der Waals surface area contributed by atoms with E-state index in [9.17, 15) is 14.4 Å². The van der Waals surface area contributed by atoms with E-state index in [1.165, 1.54) is 4.90 Å². The van der Waals surface area contributed by atoms with Gasteiger partial charge in [-0.25, -0.2) is 0 Å². The van der Waals surface area contributed by atoms with Gasteiger partial charge in [-0.1, -0.05) is 26.0 Å². The second-order valence-electron chi connectivity index (χ2n) is 7.85. The third-order valence-electron chi connectivity index (χ3n) is 6.12. The largest absolute Gasteiger partial charge is 0.339 e. The molecular formula is C22H26N2O3. The molecule has 0 unspecified atom stereocenters. The molecule has 4 atom stereocenters. The minimum absolute atomic E-state index is 0.00318. The fourth-order valence-electron chi connectivity index (χ4n) is 4.95. The minimum atomic E-state index is -0.196. The molecule has 27 heavy (non-hydrogen) atoms. The van der Waals surface area contributed by atoms with Gasteiger partial charge in [-0.05, 0) is 55.4 Å². The summed E-state index contributed by atoms with van der Waals surface area (Å²) < 4.78 is 0. The molecule has 1 aromatic rings. The van der Waals surface area contributed by atoms with Gasteiger partial charge in [-0.3, -0.25) is 19.3 Å². The van der Waals surface area contributed by atoms with Crippen molar-refractivity contribution in [1.82, 2.24) is 4.90 Å². The number of imide groups is 1. The number of allylic oxidation sites excluding steroid dienone is 2. The van der Waals surface area contributed by atoms with Gasteiger partial charge in [0.2, 0.25) is 11.8 Å². The molecule has 0 radical (unpaired) electrons. The molecule has 0 spiro atoms. The summed E-state index contributed by atoms with van der Waals surface area (Å²) in [5.41, 5.74) is 1.18. The Bertz CT molecular complexity index is 762. The van der Waals surface area contributed by atoms with Crippen LogP contribution in [0, 0.1) is 23.7 Å². The maximum atomic E-state index is 12.9. The first kappa shape index (κ1) is 18.0. The van der Waals surface area contributed by atoms with Gasteiger partial charge in [-0.15, -0.1) is 0 Å². The van der Waals surface area contributed by atoms with Crippen molar-refractivity contribution in [2.45, 2.75) is 33.1 Å². The number of amides is 3. The third kappa shape index (κ3) is 2.80. The average Bonchev–Trinajstić information content (AvgIpc) is 3.35. The number of fused-ring (bicyclic) bond motifs is 5. The van der Waals surface area contributed by atoms with Crippen molar-refractivity contribution >= 4 is 23.4 Å². The average molecular weight is 366 g/mol. The van der Waals surface area contributed by atoms with E-state index in [1.54, 1.807) is 24.3 Å². The normalized spacial score (nSPS) is 28.1. The lowest BCUT2D eigenvalue weighted by Gasteiger charge is -2.22. The van der Waals surface area contributed by atoms with Crippen LogP contribution in [-0.4, -0.2) is 35.7 Å². The van der Waals surface area contributed by atoms with E-state index in [0.717, 1.165) is 32.4 Å². The lowest BCUT2D eigenvalue weighted by Crippen LogP contribution is -2.33. The summed E-state index contributed by atoms with van der Waals surface area (Å²) in [5, 5.41) is 0. The summed E-state index contributed by atoms with van der Waals surface area (Å²) in [6.45, 7) is 5.58. The quantitative estimate of drug-likeness (QED) is 0.574. The lowest BCUT2D eigenvalue weighted by molar-refractivity contribution is -0.123. The SMILES string of the molecule is CCCN(CCC)C(=O)c1ccc(N2C(=O)[C@@H]3[C@H](C2=O)[C@H]2C=C[C@@H]3C2)cc1. The molecule has 2 fully saturated rings. The predicted octanol–water partition coefficient (Wildman–Crippen LogP) is 3.26. The second kappa shape index (κ2) is 6.95. The number of anilines is 1. The number of nitrogens with zero attached hydrogens (tertiary/aromatic N) is 2. The van der Waals surface area contributed by atoms with Gasteiger partial charge >= 0.3 is 0 Å². The molecule has 1 heterocycles. The van der Waals surface area contributed by atoms with Crippen LogP contribution in [0.4, 0.5) is 5.69 Å². The van der Waals surface area contributed by atoms with Crippen LogP contribution in [0.3, 0.4) is 0 Å². The molecule has 1 aliphatic heterocycles. The maximum Gasteiger partial charge on any atom is 0.253 e. The Morgan fingerprint density at radius 2 is 1.48 bits per heavy atom. The maximum absolute atomic E-state index is 12.9. The number of hydrogen-bond acceptors (Lipinski definition) is 3. The topological polar surface area (TPSA) is 57.7 Å². The summed E-state index contributed by atoms with van der Waals surface area (Å²) >= 11 is 0. The number of hydrogen-bond donors (Lipinski definition) is 0. The molecular weight excluding hydrogens is 340 g/mol.